The van der Waals surface area contributed by atoms with Crippen LogP contribution in [0.5, 0.6) is 0 Å². The lowest BCUT2D eigenvalue weighted by Crippen LogP contribution is -2.43. The molecule has 1 spiro atoms. The summed E-state index contributed by atoms with van der Waals surface area (Å²) in [5, 5.41) is 3.69. The Morgan fingerprint density at radius 3 is 2.61 bits per heavy atom. The zero-order valence-electron chi connectivity index (χ0n) is 11.6. The van der Waals surface area contributed by atoms with Gasteiger partial charge >= 0.3 is 0 Å². The van der Waals surface area contributed by atoms with Crippen molar-refractivity contribution in [2.24, 2.45) is 5.92 Å². The first kappa shape index (κ1) is 12.5. The van der Waals surface area contributed by atoms with E-state index in [-0.39, 0.29) is 5.54 Å². The van der Waals surface area contributed by atoms with Crippen LogP contribution in [0.1, 0.15) is 64.7 Å². The molecule has 3 rings (SSSR count). The Kier molecular flexibility index (Phi) is 3.35. The fourth-order valence-electron chi connectivity index (χ4n) is 3.73. The summed E-state index contributed by atoms with van der Waals surface area (Å²) in [5.74, 6) is 1.13. The quantitative estimate of drug-likeness (QED) is 0.761. The molecule has 3 heteroatoms. The maximum absolute atomic E-state index is 12.5. The molecule has 2 saturated carbocycles. The van der Waals surface area contributed by atoms with Crippen LogP contribution < -0.4 is 5.32 Å². The maximum atomic E-state index is 12.5. The summed E-state index contributed by atoms with van der Waals surface area (Å²) in [6.45, 7) is 3.20. The van der Waals surface area contributed by atoms with E-state index in [4.69, 9.17) is 0 Å². The van der Waals surface area contributed by atoms with E-state index < -0.39 is 0 Å². The van der Waals surface area contributed by atoms with Gasteiger partial charge in [-0.1, -0.05) is 32.6 Å². The third-order valence-corrected chi connectivity index (χ3v) is 5.03. The van der Waals surface area contributed by atoms with Gasteiger partial charge in [0, 0.05) is 6.54 Å². The molecule has 1 N–H and O–H groups in total. The lowest BCUT2D eigenvalue weighted by molar-refractivity contribution is -0.131. The molecule has 0 radical (unpaired) electrons. The standard InChI is InChI=1S/C15H26N2O/c1-2-3-6-11-17-13(12-7-4-5-8-12)16-15(9-10-15)14(17)18/h12-13,16H,2-11H2,1H3. The molecule has 102 valence electrons. The van der Waals surface area contributed by atoms with Crippen LogP contribution in [0.4, 0.5) is 0 Å². The summed E-state index contributed by atoms with van der Waals surface area (Å²) in [7, 11) is 0. The number of hydrogen-bond acceptors (Lipinski definition) is 2. The van der Waals surface area contributed by atoms with Crippen LogP contribution in [-0.4, -0.2) is 29.1 Å². The number of unbranched alkanes of at least 4 members (excludes halogenated alkanes) is 2. The van der Waals surface area contributed by atoms with E-state index in [0.29, 0.717) is 12.1 Å². The van der Waals surface area contributed by atoms with Gasteiger partial charge in [0.05, 0.1) is 11.7 Å². The van der Waals surface area contributed by atoms with Crippen molar-refractivity contribution in [1.29, 1.82) is 0 Å². The van der Waals surface area contributed by atoms with Crippen LogP contribution in [0, 0.1) is 5.92 Å². The van der Waals surface area contributed by atoms with Crippen LogP contribution in [0.3, 0.4) is 0 Å². The molecule has 0 aromatic carbocycles. The average molecular weight is 250 g/mol. The Morgan fingerprint density at radius 1 is 1.28 bits per heavy atom. The molecular weight excluding hydrogens is 224 g/mol. The summed E-state index contributed by atoms with van der Waals surface area (Å²) < 4.78 is 0. The van der Waals surface area contributed by atoms with Gasteiger partial charge in [0.2, 0.25) is 5.91 Å². The summed E-state index contributed by atoms with van der Waals surface area (Å²) >= 11 is 0. The second-order valence-electron chi connectivity index (χ2n) is 6.42. The molecular formula is C15H26N2O. The number of nitrogens with one attached hydrogen (secondary N) is 1. The highest BCUT2D eigenvalue weighted by atomic mass is 16.2. The fourth-order valence-corrected chi connectivity index (χ4v) is 3.73. The minimum Gasteiger partial charge on any atom is -0.325 e. The van der Waals surface area contributed by atoms with E-state index in [2.05, 4.69) is 17.1 Å². The molecule has 1 heterocycles. The minimum atomic E-state index is -0.112. The highest BCUT2D eigenvalue weighted by Crippen LogP contribution is 2.45. The van der Waals surface area contributed by atoms with Crippen molar-refractivity contribution in [2.75, 3.05) is 6.54 Å². The fraction of sp³-hybridized carbons (Fsp3) is 0.933. The molecule has 3 fully saturated rings. The summed E-state index contributed by atoms with van der Waals surface area (Å²) in [4.78, 5) is 14.7. The van der Waals surface area contributed by atoms with E-state index in [1.54, 1.807) is 0 Å². The molecule has 1 amide bonds. The van der Waals surface area contributed by atoms with Crippen LogP contribution in [-0.2, 0) is 4.79 Å². The van der Waals surface area contributed by atoms with Crippen molar-refractivity contribution in [3.63, 3.8) is 0 Å². The Balaban J connectivity index is 1.67. The van der Waals surface area contributed by atoms with Gasteiger partial charge in [-0.15, -0.1) is 0 Å². The van der Waals surface area contributed by atoms with E-state index in [9.17, 15) is 4.79 Å². The SMILES string of the molecule is CCCCCN1C(=O)C2(CC2)NC1C1CCCC1. The van der Waals surface area contributed by atoms with Gasteiger partial charge in [0.15, 0.2) is 0 Å². The molecule has 18 heavy (non-hydrogen) atoms. The number of carbonyl (C=O) groups is 1. The van der Waals surface area contributed by atoms with E-state index in [0.717, 1.165) is 25.3 Å². The molecule has 3 aliphatic rings. The molecule has 0 bridgehead atoms. The molecule has 1 unspecified atom stereocenters. The first-order valence-electron chi connectivity index (χ1n) is 7.85. The second-order valence-corrected chi connectivity index (χ2v) is 6.42. The van der Waals surface area contributed by atoms with Crippen LogP contribution >= 0.6 is 0 Å². The third-order valence-electron chi connectivity index (χ3n) is 5.03. The first-order valence-corrected chi connectivity index (χ1v) is 7.85. The molecule has 2 aliphatic carbocycles. The van der Waals surface area contributed by atoms with Gasteiger partial charge in [0.25, 0.3) is 0 Å². The van der Waals surface area contributed by atoms with Crippen molar-refractivity contribution >= 4 is 5.91 Å². The number of hydrogen-bond donors (Lipinski definition) is 1. The summed E-state index contributed by atoms with van der Waals surface area (Å²) in [5.41, 5.74) is -0.112. The highest BCUT2D eigenvalue weighted by Gasteiger charge is 2.60. The molecule has 3 nitrogen and oxygen atoms in total. The van der Waals surface area contributed by atoms with Crippen molar-refractivity contribution in [3.8, 4) is 0 Å². The minimum absolute atomic E-state index is 0.112. The molecule has 1 atom stereocenters. The molecule has 1 saturated heterocycles. The van der Waals surface area contributed by atoms with Crippen molar-refractivity contribution < 1.29 is 4.79 Å². The smallest absolute Gasteiger partial charge is 0.244 e. The third kappa shape index (κ3) is 2.07. The average Bonchev–Trinajstić information content (AvgIpc) is 2.85. The molecule has 0 aromatic rings. The lowest BCUT2D eigenvalue weighted by atomic mass is 10.0. The lowest BCUT2D eigenvalue weighted by Gasteiger charge is -2.29. The van der Waals surface area contributed by atoms with Gasteiger partial charge in [-0.2, -0.15) is 0 Å². The van der Waals surface area contributed by atoms with Gasteiger partial charge in [-0.05, 0) is 38.0 Å². The van der Waals surface area contributed by atoms with Crippen LogP contribution in [0.15, 0.2) is 0 Å². The van der Waals surface area contributed by atoms with Crippen molar-refractivity contribution in [3.05, 3.63) is 0 Å². The summed E-state index contributed by atoms with van der Waals surface area (Å²) in [6, 6.07) is 0. The zero-order chi connectivity index (χ0) is 12.6. The van der Waals surface area contributed by atoms with E-state index in [1.807, 2.05) is 0 Å². The van der Waals surface area contributed by atoms with Gasteiger partial charge in [0.1, 0.15) is 0 Å². The largest absolute Gasteiger partial charge is 0.325 e. The maximum Gasteiger partial charge on any atom is 0.244 e. The zero-order valence-corrected chi connectivity index (χ0v) is 11.6. The van der Waals surface area contributed by atoms with Crippen LogP contribution in [0.2, 0.25) is 0 Å². The predicted octanol–water partition coefficient (Wildman–Crippen LogP) is 2.66. The van der Waals surface area contributed by atoms with Crippen LogP contribution in [0.25, 0.3) is 0 Å². The highest BCUT2D eigenvalue weighted by molar-refractivity contribution is 5.91. The van der Waals surface area contributed by atoms with Gasteiger partial charge in [-0.3, -0.25) is 10.1 Å². The Labute approximate surface area is 110 Å². The normalized spacial score (nSPS) is 30.6. The van der Waals surface area contributed by atoms with Gasteiger partial charge < -0.3 is 4.90 Å². The number of carbonyl (C=O) groups excluding carboxylic acids is 1. The molecule has 1 aliphatic heterocycles. The topological polar surface area (TPSA) is 32.3 Å². The monoisotopic (exact) mass is 250 g/mol. The van der Waals surface area contributed by atoms with Gasteiger partial charge in [-0.25, -0.2) is 0 Å². The van der Waals surface area contributed by atoms with Crippen molar-refractivity contribution in [2.45, 2.75) is 76.4 Å². The Hall–Kier alpha value is -0.570. The Morgan fingerprint density at radius 2 is 2.00 bits per heavy atom. The second kappa shape index (κ2) is 4.84. The van der Waals surface area contributed by atoms with E-state index in [1.165, 1.54) is 44.9 Å². The molecule has 0 aromatic heterocycles. The van der Waals surface area contributed by atoms with E-state index >= 15 is 0 Å². The first-order chi connectivity index (χ1) is 8.77. The predicted molar refractivity (Wildman–Crippen MR) is 72.1 cm³/mol. The number of rotatable bonds is 5. The summed E-state index contributed by atoms with van der Waals surface area (Å²) in [6.07, 6.45) is 11.5. The number of nitrogens with zero attached hydrogens (tertiary/aromatic N) is 1. The number of amides is 1. The van der Waals surface area contributed by atoms with Crippen molar-refractivity contribution in [1.82, 2.24) is 10.2 Å². The Bertz CT molecular complexity index is 318.